The van der Waals surface area contributed by atoms with E-state index in [1.54, 1.807) is 0 Å². The van der Waals surface area contributed by atoms with Crippen LogP contribution in [0.3, 0.4) is 0 Å². The highest BCUT2D eigenvalue weighted by Crippen LogP contribution is 2.46. The first kappa shape index (κ1) is 29.3. The first-order valence-electron chi connectivity index (χ1n) is 14.1. The summed E-state index contributed by atoms with van der Waals surface area (Å²) in [6.07, 6.45) is 8.47. The van der Waals surface area contributed by atoms with Crippen LogP contribution in [-0.4, -0.2) is 77.8 Å². The Hall–Kier alpha value is -2.67. The third kappa shape index (κ3) is 6.40. The number of amides is 4. The van der Waals surface area contributed by atoms with Gasteiger partial charge in [0.15, 0.2) is 6.10 Å². The van der Waals surface area contributed by atoms with Crippen LogP contribution in [0.15, 0.2) is 12.2 Å². The zero-order chi connectivity index (χ0) is 28.4. The molecule has 3 fully saturated rings. The predicted octanol–water partition coefficient (Wildman–Crippen LogP) is 1.46. The van der Waals surface area contributed by atoms with Crippen LogP contribution in [-0.2, 0) is 29.3 Å². The van der Waals surface area contributed by atoms with Crippen molar-refractivity contribution in [1.82, 2.24) is 19.2 Å². The number of carbonyl (C=O) groups is 4. The van der Waals surface area contributed by atoms with Gasteiger partial charge in [0.2, 0.25) is 5.91 Å². The van der Waals surface area contributed by atoms with Crippen molar-refractivity contribution in [1.29, 1.82) is 0 Å². The Morgan fingerprint density at radius 1 is 1.05 bits per heavy atom. The van der Waals surface area contributed by atoms with Gasteiger partial charge in [0.1, 0.15) is 11.6 Å². The molecule has 39 heavy (non-hydrogen) atoms. The number of nitrogens with zero attached hydrogens (tertiary/aromatic N) is 2. The van der Waals surface area contributed by atoms with Gasteiger partial charge in [-0.1, -0.05) is 25.0 Å². The molecule has 4 aliphatic rings. The number of primary amides is 1. The van der Waals surface area contributed by atoms with E-state index >= 15 is 0 Å². The number of hydrogen-bond donors (Lipinski definition) is 3. The van der Waals surface area contributed by atoms with Crippen LogP contribution in [0.2, 0.25) is 0 Å². The summed E-state index contributed by atoms with van der Waals surface area (Å²) in [5, 5.41) is 2.82. The topological polar surface area (TPSA) is 168 Å². The third-order valence-corrected chi connectivity index (χ3v) is 10.2. The summed E-state index contributed by atoms with van der Waals surface area (Å²) in [6.45, 7) is 3.96. The standard InChI is InChI=1S/C26H41N5O7S/c1-17-10-8-11-18(2)31(17)39(36,37)29-24(34)26-16-19(26)12-6-4-3-5-7-14-21(38-25(27)35)23(33)30-15-9-13-20(30)22(32)28-26/h6,12,17-21H,3-5,7-11,13-16H2,1-2H3,(H2,27,35)(H,28,32)(H,29,34)/b12-6-. The van der Waals surface area contributed by atoms with Crippen LogP contribution in [0, 0.1) is 5.92 Å². The van der Waals surface area contributed by atoms with E-state index in [1.807, 2.05) is 26.0 Å². The minimum absolute atomic E-state index is 0.248. The van der Waals surface area contributed by atoms with E-state index in [4.69, 9.17) is 10.5 Å². The van der Waals surface area contributed by atoms with Gasteiger partial charge in [-0.3, -0.25) is 14.4 Å². The molecule has 12 nitrogen and oxygen atoms in total. The van der Waals surface area contributed by atoms with Gasteiger partial charge in [0.25, 0.3) is 11.8 Å². The van der Waals surface area contributed by atoms with Gasteiger partial charge in [-0.05, 0) is 71.6 Å². The quantitative estimate of drug-likeness (QED) is 0.432. The van der Waals surface area contributed by atoms with Gasteiger partial charge in [0.05, 0.1) is 0 Å². The lowest BCUT2D eigenvalue weighted by Gasteiger charge is -2.37. The van der Waals surface area contributed by atoms with Crippen LogP contribution < -0.4 is 15.8 Å². The number of carbonyl (C=O) groups excluding carboxylic acids is 4. The summed E-state index contributed by atoms with van der Waals surface area (Å²) in [4.78, 5) is 53.3. The summed E-state index contributed by atoms with van der Waals surface area (Å²) >= 11 is 0. The van der Waals surface area contributed by atoms with Crippen molar-refractivity contribution in [3.8, 4) is 0 Å². The van der Waals surface area contributed by atoms with Gasteiger partial charge in [0, 0.05) is 24.5 Å². The highest BCUT2D eigenvalue weighted by Gasteiger charge is 2.61. The molecule has 0 aromatic heterocycles. The normalized spacial score (nSPS) is 35.4. The van der Waals surface area contributed by atoms with Crippen LogP contribution in [0.25, 0.3) is 0 Å². The van der Waals surface area contributed by atoms with Crippen LogP contribution in [0.5, 0.6) is 0 Å². The SMILES string of the molecule is CC1CCCC(C)N1S(=O)(=O)NC(=O)C12CC1/C=C\CCCCCC(OC(N)=O)C(=O)N1CCCC1C(=O)N2. The number of ether oxygens (including phenoxy) is 1. The molecule has 4 amide bonds. The number of hydrogen-bond acceptors (Lipinski definition) is 7. The molecule has 0 aromatic carbocycles. The van der Waals surface area contributed by atoms with E-state index in [9.17, 15) is 27.6 Å². The summed E-state index contributed by atoms with van der Waals surface area (Å²) < 4.78 is 35.3. The summed E-state index contributed by atoms with van der Waals surface area (Å²) in [7, 11) is -4.14. The smallest absolute Gasteiger partial charge is 0.405 e. The van der Waals surface area contributed by atoms with Crippen molar-refractivity contribution in [2.45, 2.75) is 114 Å². The Bertz CT molecular complexity index is 1100. The van der Waals surface area contributed by atoms with E-state index in [-0.39, 0.29) is 24.4 Å². The maximum atomic E-state index is 13.6. The fourth-order valence-corrected chi connectivity index (χ4v) is 7.99. The van der Waals surface area contributed by atoms with Crippen LogP contribution in [0.4, 0.5) is 4.79 Å². The number of allylic oxidation sites excluding steroid dienone is 1. The second kappa shape index (κ2) is 11.8. The molecule has 2 saturated heterocycles. The van der Waals surface area contributed by atoms with Crippen molar-refractivity contribution in [2.75, 3.05) is 6.54 Å². The van der Waals surface area contributed by atoms with Gasteiger partial charge >= 0.3 is 16.3 Å². The number of rotatable bonds is 4. The highest BCUT2D eigenvalue weighted by molar-refractivity contribution is 7.87. The molecular weight excluding hydrogens is 526 g/mol. The van der Waals surface area contributed by atoms with Crippen molar-refractivity contribution < 1.29 is 32.3 Å². The molecule has 3 aliphatic heterocycles. The average molecular weight is 568 g/mol. The molecule has 4 rings (SSSR count). The molecule has 6 unspecified atom stereocenters. The van der Waals surface area contributed by atoms with E-state index in [2.05, 4.69) is 10.0 Å². The van der Waals surface area contributed by atoms with E-state index in [0.717, 1.165) is 19.3 Å². The predicted molar refractivity (Wildman–Crippen MR) is 142 cm³/mol. The molecule has 4 N–H and O–H groups in total. The molecule has 1 aliphatic carbocycles. The van der Waals surface area contributed by atoms with E-state index < -0.39 is 51.7 Å². The molecule has 0 aromatic rings. The number of nitrogens with two attached hydrogens (primary N) is 1. The lowest BCUT2D eigenvalue weighted by molar-refractivity contribution is -0.146. The van der Waals surface area contributed by atoms with Gasteiger partial charge < -0.3 is 20.7 Å². The Kier molecular flexibility index (Phi) is 8.89. The number of nitrogens with one attached hydrogen (secondary N) is 2. The third-order valence-electron chi connectivity index (χ3n) is 8.46. The lowest BCUT2D eigenvalue weighted by Crippen LogP contribution is -2.60. The largest absolute Gasteiger partial charge is 0.436 e. The molecule has 0 bridgehead atoms. The van der Waals surface area contributed by atoms with Gasteiger partial charge in [-0.2, -0.15) is 12.7 Å². The van der Waals surface area contributed by atoms with Crippen molar-refractivity contribution in [3.63, 3.8) is 0 Å². The maximum absolute atomic E-state index is 13.6. The van der Waals surface area contributed by atoms with Crippen LogP contribution in [0.1, 0.15) is 84.5 Å². The average Bonchev–Trinajstić information content (AvgIpc) is 3.31. The Balaban J connectivity index is 1.57. The molecule has 6 atom stereocenters. The van der Waals surface area contributed by atoms with Gasteiger partial charge in [-0.15, -0.1) is 0 Å². The molecule has 0 spiro atoms. The molecular formula is C26H41N5O7S. The fraction of sp³-hybridized carbons (Fsp3) is 0.769. The van der Waals surface area contributed by atoms with Crippen molar-refractivity contribution in [3.05, 3.63) is 12.2 Å². The fourth-order valence-electron chi connectivity index (χ4n) is 6.31. The minimum atomic E-state index is -4.14. The van der Waals surface area contributed by atoms with Gasteiger partial charge in [-0.25, -0.2) is 9.52 Å². The number of piperidine rings is 1. The molecule has 13 heteroatoms. The zero-order valence-corrected chi connectivity index (χ0v) is 23.6. The maximum Gasteiger partial charge on any atom is 0.405 e. The molecule has 0 radical (unpaired) electrons. The first-order valence-corrected chi connectivity index (χ1v) is 15.5. The summed E-state index contributed by atoms with van der Waals surface area (Å²) in [6, 6.07) is -1.36. The van der Waals surface area contributed by atoms with Crippen molar-refractivity contribution in [2.24, 2.45) is 11.7 Å². The first-order chi connectivity index (χ1) is 18.5. The summed E-state index contributed by atoms with van der Waals surface area (Å²) in [5.41, 5.74) is 3.78. The monoisotopic (exact) mass is 567 g/mol. The lowest BCUT2D eigenvalue weighted by atomic mass is 10.0. The molecule has 218 valence electrons. The second-order valence-corrected chi connectivity index (χ2v) is 12.9. The summed E-state index contributed by atoms with van der Waals surface area (Å²) in [5.74, 6) is -2.15. The van der Waals surface area contributed by atoms with Crippen molar-refractivity contribution >= 4 is 34.0 Å². The van der Waals surface area contributed by atoms with E-state index in [1.165, 1.54) is 9.21 Å². The highest BCUT2D eigenvalue weighted by atomic mass is 32.2. The Morgan fingerprint density at radius 2 is 1.77 bits per heavy atom. The van der Waals surface area contributed by atoms with Crippen LogP contribution >= 0.6 is 0 Å². The second-order valence-electron chi connectivity index (χ2n) is 11.3. The Labute approximate surface area is 230 Å². The molecule has 3 heterocycles. The minimum Gasteiger partial charge on any atom is -0.436 e. The van der Waals surface area contributed by atoms with E-state index in [0.29, 0.717) is 51.5 Å². The molecule has 1 saturated carbocycles. The Morgan fingerprint density at radius 3 is 2.46 bits per heavy atom. The number of fused-ring (bicyclic) bond motifs is 2. The zero-order valence-electron chi connectivity index (χ0n) is 22.8.